The third-order valence-electron chi connectivity index (χ3n) is 0.532. The molecule has 0 radical (unpaired) electrons. The van der Waals surface area contributed by atoms with E-state index in [1.807, 2.05) is 0 Å². The van der Waals surface area contributed by atoms with Crippen LogP contribution >= 0.6 is 0 Å². The van der Waals surface area contributed by atoms with E-state index in [0.717, 1.165) is 0 Å². The van der Waals surface area contributed by atoms with Crippen LogP contribution in [0.2, 0.25) is 0 Å². The Morgan fingerprint density at radius 3 is 2.17 bits per heavy atom. The molecule has 0 aliphatic carbocycles. The number of rotatable bonds is 1. The quantitative estimate of drug-likeness (QED) is 0.314. The fourth-order valence-corrected chi connectivity index (χ4v) is 0.322. The van der Waals surface area contributed by atoms with Crippen molar-refractivity contribution in [3.8, 4) is 0 Å². The molecule has 36 valence electrons. The molecule has 0 aromatic rings. The predicted molar refractivity (Wildman–Crippen MR) is 20.2 cm³/mol. The van der Waals surface area contributed by atoms with Crippen LogP contribution in [0.25, 0.3) is 0 Å². The van der Waals surface area contributed by atoms with E-state index < -0.39 is 5.97 Å². The Hall–Kier alpha value is 0.698. The molecule has 0 aromatic heterocycles. The Labute approximate surface area is 49.5 Å². The van der Waals surface area contributed by atoms with E-state index in [9.17, 15) is 0 Å². The second kappa shape index (κ2) is 1.34. The van der Waals surface area contributed by atoms with E-state index in [0.29, 0.717) is 23.4 Å². The maximum atomic E-state index is 4.73. The molecule has 1 rings (SSSR count). The molecule has 0 amide bonds. The zero-order valence-electron chi connectivity index (χ0n) is 3.30. The van der Waals surface area contributed by atoms with E-state index >= 15 is 0 Å². The Kier molecular flexibility index (Phi) is 1.08. The monoisotopic (exact) mass is 198 g/mol. The van der Waals surface area contributed by atoms with Crippen LogP contribution in [0.15, 0.2) is 0 Å². The van der Waals surface area contributed by atoms with Gasteiger partial charge in [-0.1, -0.05) is 0 Å². The van der Waals surface area contributed by atoms with Crippen molar-refractivity contribution in [3.63, 3.8) is 0 Å². The van der Waals surface area contributed by atoms with Gasteiger partial charge in [0.1, 0.15) is 0 Å². The van der Waals surface area contributed by atoms with Crippen LogP contribution in [-0.4, -0.2) is 29.4 Å². The fraction of sp³-hybridized carbons (Fsp3) is 1.00. The van der Waals surface area contributed by atoms with Gasteiger partial charge in [-0.05, 0) is 0 Å². The topological polar surface area (TPSA) is 34.3 Å². The van der Waals surface area contributed by atoms with Crippen LogP contribution < -0.4 is 0 Å². The molecule has 3 nitrogen and oxygen atoms in total. The van der Waals surface area contributed by atoms with Crippen molar-refractivity contribution >= 4 is 23.4 Å². The third kappa shape index (κ3) is 0.849. The minimum absolute atomic E-state index is 0.651. The van der Waals surface area contributed by atoms with E-state index in [1.54, 1.807) is 6.92 Å². The normalized spacial score (nSPS) is 27.0. The molecule has 0 aromatic carbocycles. The molecule has 0 unspecified atom stereocenters. The van der Waals surface area contributed by atoms with Gasteiger partial charge in [-0.15, -0.1) is 0 Å². The number of hydrogen-bond donors (Lipinski definition) is 0. The Bertz CT molecular complexity index is 59.8. The summed E-state index contributed by atoms with van der Waals surface area (Å²) in [6.45, 7) is 1.72. The third-order valence-corrected chi connectivity index (χ3v) is 1.75. The first-order valence-corrected chi connectivity index (χ1v) is 2.86. The molecular weight excluding hydrogens is 194 g/mol. The summed E-state index contributed by atoms with van der Waals surface area (Å²) in [5.41, 5.74) is 0. The second-order valence-electron chi connectivity index (χ2n) is 1.15. The van der Waals surface area contributed by atoms with Crippen LogP contribution in [0.1, 0.15) is 6.92 Å². The average Bonchev–Trinajstić information content (AvgIpc) is 2.22. The molecule has 0 N–H and O–H groups in total. The van der Waals surface area contributed by atoms with Crippen molar-refractivity contribution in [2.45, 2.75) is 12.9 Å². The van der Waals surface area contributed by atoms with Crippen molar-refractivity contribution in [1.82, 2.24) is 0 Å². The van der Waals surface area contributed by atoms with Crippen molar-refractivity contribution < 1.29 is 12.8 Å². The van der Waals surface area contributed by atoms with Gasteiger partial charge in [0.25, 0.3) is 0 Å². The summed E-state index contributed by atoms with van der Waals surface area (Å²) in [5.74, 6) is -0.651. The first-order chi connectivity index (χ1) is 2.77. The summed E-state index contributed by atoms with van der Waals surface area (Å²) in [6.07, 6.45) is 0. The minimum atomic E-state index is -0.651. The van der Waals surface area contributed by atoms with Crippen molar-refractivity contribution in [2.24, 2.45) is 0 Å². The zero-order valence-corrected chi connectivity index (χ0v) is 6.60. The Morgan fingerprint density at radius 1 is 1.67 bits per heavy atom. The summed E-state index contributed by atoms with van der Waals surface area (Å²) >= 11 is 0.716. The summed E-state index contributed by atoms with van der Waals surface area (Å²) in [6, 6.07) is 0. The molecule has 0 spiro atoms. The molecule has 0 saturated carbocycles. The van der Waals surface area contributed by atoms with Gasteiger partial charge in [-0.25, -0.2) is 0 Å². The molecule has 1 fully saturated rings. The van der Waals surface area contributed by atoms with Crippen molar-refractivity contribution in [3.05, 3.63) is 0 Å². The molecule has 1 heterocycles. The van der Waals surface area contributed by atoms with Gasteiger partial charge in [-0.3, -0.25) is 0 Å². The van der Waals surface area contributed by atoms with Crippen LogP contribution in [0.4, 0.5) is 0 Å². The molecule has 0 bridgehead atoms. The van der Waals surface area contributed by atoms with Gasteiger partial charge in [0.05, 0.1) is 0 Å². The molecule has 4 heteroatoms. The maximum absolute atomic E-state index is 4.73. The van der Waals surface area contributed by atoms with Crippen LogP contribution in [-0.2, 0) is 12.8 Å². The van der Waals surface area contributed by atoms with Crippen LogP contribution in [0.3, 0.4) is 0 Å². The number of hydrogen-bond acceptors (Lipinski definition) is 3. The molecular formula is C2H5O3Sb. The summed E-state index contributed by atoms with van der Waals surface area (Å²) in [5, 5.41) is 0. The molecule has 1 saturated heterocycles. The van der Waals surface area contributed by atoms with E-state index in [-0.39, 0.29) is 0 Å². The summed E-state index contributed by atoms with van der Waals surface area (Å²) in [7, 11) is 0. The Balaban J connectivity index is 2.28. The van der Waals surface area contributed by atoms with E-state index in [4.69, 9.17) is 3.02 Å². The average molecular weight is 199 g/mol. The fourth-order valence-electron chi connectivity index (χ4n) is 0.0980. The van der Waals surface area contributed by atoms with Crippen LogP contribution in [0, 0.1) is 0 Å². The second-order valence-corrected chi connectivity index (χ2v) is 1.82. The first-order valence-electron chi connectivity index (χ1n) is 1.51. The Morgan fingerprint density at radius 2 is 2.17 bits per heavy atom. The van der Waals surface area contributed by atoms with Gasteiger partial charge in [-0.2, -0.15) is 0 Å². The first kappa shape index (κ1) is 4.85. The van der Waals surface area contributed by atoms with Gasteiger partial charge in [0.15, 0.2) is 0 Å². The van der Waals surface area contributed by atoms with Crippen molar-refractivity contribution in [2.75, 3.05) is 0 Å². The van der Waals surface area contributed by atoms with Gasteiger partial charge in [0.2, 0.25) is 0 Å². The zero-order chi connectivity index (χ0) is 4.62. The summed E-state index contributed by atoms with van der Waals surface area (Å²) < 4.78 is 4.73. The summed E-state index contributed by atoms with van der Waals surface area (Å²) in [4.78, 5) is 8.71. The standard InChI is InChI=1S/C2H3O3.Sb.2H/c1-2(3)4-5-2;;;/h1H3;;;/q-1;+1;;. The van der Waals surface area contributed by atoms with E-state index in [2.05, 4.69) is 9.78 Å². The SMILES string of the molecule is CC1([O][SbH2])OO1. The van der Waals surface area contributed by atoms with Gasteiger partial charge >= 0.3 is 49.1 Å². The van der Waals surface area contributed by atoms with Crippen molar-refractivity contribution in [1.29, 1.82) is 0 Å². The van der Waals surface area contributed by atoms with Gasteiger partial charge in [0, 0.05) is 0 Å². The van der Waals surface area contributed by atoms with Gasteiger partial charge < -0.3 is 0 Å². The predicted octanol–water partition coefficient (Wildman–Crippen LogP) is -0.813. The molecule has 0 atom stereocenters. The molecule has 1 aliphatic heterocycles. The molecule has 6 heavy (non-hydrogen) atoms. The van der Waals surface area contributed by atoms with E-state index in [1.165, 1.54) is 0 Å². The molecule has 1 aliphatic rings. The van der Waals surface area contributed by atoms with Crippen LogP contribution in [0.5, 0.6) is 0 Å².